The van der Waals surface area contributed by atoms with Gasteiger partial charge in [-0.1, -0.05) is 18.6 Å². The van der Waals surface area contributed by atoms with Crippen LogP contribution in [0.3, 0.4) is 0 Å². The van der Waals surface area contributed by atoms with E-state index in [1.54, 1.807) is 6.20 Å². The Labute approximate surface area is 141 Å². The van der Waals surface area contributed by atoms with Crippen LogP contribution in [-0.4, -0.2) is 45.7 Å². The van der Waals surface area contributed by atoms with Crippen molar-refractivity contribution in [2.75, 3.05) is 26.2 Å². The normalized spacial score (nSPS) is 15.7. The van der Waals surface area contributed by atoms with E-state index in [1.807, 2.05) is 35.0 Å². The first-order valence-electron chi connectivity index (χ1n) is 8.64. The van der Waals surface area contributed by atoms with Gasteiger partial charge in [0, 0.05) is 24.4 Å². The molecule has 0 unspecified atom stereocenters. The molecule has 5 heteroatoms. The van der Waals surface area contributed by atoms with Gasteiger partial charge in [0.25, 0.3) is 0 Å². The summed E-state index contributed by atoms with van der Waals surface area (Å²) < 4.78 is 7.83. The summed E-state index contributed by atoms with van der Waals surface area (Å²) >= 11 is 0. The van der Waals surface area contributed by atoms with E-state index in [1.165, 1.54) is 32.4 Å². The number of aromatic nitrogens is 3. The molecule has 0 atom stereocenters. The number of hydrogen-bond donors (Lipinski definition) is 0. The summed E-state index contributed by atoms with van der Waals surface area (Å²) in [5.41, 5.74) is 2.96. The Morgan fingerprint density at radius 2 is 1.92 bits per heavy atom. The highest BCUT2D eigenvalue weighted by atomic mass is 16.5. The van der Waals surface area contributed by atoms with Crippen LogP contribution in [-0.2, 0) is 0 Å². The molecule has 1 fully saturated rings. The van der Waals surface area contributed by atoms with Gasteiger partial charge in [-0.05, 0) is 44.1 Å². The van der Waals surface area contributed by atoms with Gasteiger partial charge >= 0.3 is 0 Å². The van der Waals surface area contributed by atoms with Gasteiger partial charge in [0.05, 0.1) is 11.9 Å². The van der Waals surface area contributed by atoms with Gasteiger partial charge in [-0.3, -0.25) is 4.90 Å². The fourth-order valence-corrected chi connectivity index (χ4v) is 3.27. The van der Waals surface area contributed by atoms with Crippen molar-refractivity contribution in [2.24, 2.45) is 0 Å². The van der Waals surface area contributed by atoms with Crippen molar-refractivity contribution >= 4 is 5.65 Å². The predicted molar refractivity (Wildman–Crippen MR) is 94.2 cm³/mol. The summed E-state index contributed by atoms with van der Waals surface area (Å²) in [4.78, 5) is 6.80. The Hall–Kier alpha value is -2.40. The highest BCUT2D eigenvalue weighted by Crippen LogP contribution is 2.24. The lowest BCUT2D eigenvalue weighted by Gasteiger charge is -2.26. The van der Waals surface area contributed by atoms with Crippen molar-refractivity contribution in [2.45, 2.75) is 19.3 Å². The lowest BCUT2D eigenvalue weighted by molar-refractivity contribution is 0.183. The second-order valence-electron chi connectivity index (χ2n) is 6.21. The molecule has 0 saturated carbocycles. The van der Waals surface area contributed by atoms with E-state index in [0.29, 0.717) is 0 Å². The van der Waals surface area contributed by atoms with Crippen LogP contribution >= 0.6 is 0 Å². The monoisotopic (exact) mass is 322 g/mol. The van der Waals surface area contributed by atoms with Crippen LogP contribution in [0.25, 0.3) is 16.9 Å². The Bertz CT molecular complexity index is 808. The van der Waals surface area contributed by atoms with Gasteiger partial charge in [-0.15, -0.1) is 0 Å². The maximum absolute atomic E-state index is 5.98. The van der Waals surface area contributed by atoms with Gasteiger partial charge in [0.15, 0.2) is 5.65 Å². The quantitative estimate of drug-likeness (QED) is 0.723. The number of benzene rings is 1. The fourth-order valence-electron chi connectivity index (χ4n) is 3.27. The first-order valence-corrected chi connectivity index (χ1v) is 8.64. The molecule has 3 heterocycles. The largest absolute Gasteiger partial charge is 0.492 e. The Morgan fingerprint density at radius 1 is 1.00 bits per heavy atom. The molecule has 0 bridgehead atoms. The van der Waals surface area contributed by atoms with Crippen molar-refractivity contribution in [3.63, 3.8) is 0 Å². The zero-order valence-electron chi connectivity index (χ0n) is 13.8. The van der Waals surface area contributed by atoms with Gasteiger partial charge in [0.1, 0.15) is 12.4 Å². The van der Waals surface area contributed by atoms with Crippen LogP contribution in [0, 0.1) is 0 Å². The minimum absolute atomic E-state index is 0.733. The van der Waals surface area contributed by atoms with E-state index in [9.17, 15) is 0 Å². The fraction of sp³-hybridized carbons (Fsp3) is 0.368. The average molecular weight is 322 g/mol. The average Bonchev–Trinajstić information content (AvgIpc) is 3.12. The van der Waals surface area contributed by atoms with Crippen LogP contribution in [0.1, 0.15) is 19.3 Å². The van der Waals surface area contributed by atoms with Gasteiger partial charge in [0.2, 0.25) is 0 Å². The molecule has 24 heavy (non-hydrogen) atoms. The molecule has 0 N–H and O–H groups in total. The summed E-state index contributed by atoms with van der Waals surface area (Å²) in [5, 5.41) is 4.35. The van der Waals surface area contributed by atoms with Crippen LogP contribution in [0.2, 0.25) is 0 Å². The van der Waals surface area contributed by atoms with Crippen LogP contribution in [0.15, 0.2) is 48.8 Å². The highest BCUT2D eigenvalue weighted by Gasteiger charge is 2.10. The number of likely N-dealkylation sites (tertiary alicyclic amines) is 1. The third kappa shape index (κ3) is 3.26. The standard InChI is InChI=1S/C19H22N4O/c1-2-11-22(12-3-1)13-14-24-17-6-4-5-16(15-17)18-7-9-20-19-8-10-21-23(18)19/h4-10,15H,1-3,11-14H2. The molecule has 0 radical (unpaired) electrons. The van der Waals surface area contributed by atoms with E-state index >= 15 is 0 Å². The highest BCUT2D eigenvalue weighted by molar-refractivity contribution is 5.63. The molecule has 5 nitrogen and oxygen atoms in total. The van der Waals surface area contributed by atoms with Crippen molar-refractivity contribution in [3.8, 4) is 17.0 Å². The SMILES string of the molecule is c1cc(OCCN2CCCCC2)cc(-c2ccnc3ccnn23)c1. The third-order valence-electron chi connectivity index (χ3n) is 4.54. The summed E-state index contributed by atoms with van der Waals surface area (Å²) in [6.07, 6.45) is 7.59. The van der Waals surface area contributed by atoms with Crippen LogP contribution < -0.4 is 4.74 Å². The molecule has 1 aromatic carbocycles. The van der Waals surface area contributed by atoms with E-state index in [-0.39, 0.29) is 0 Å². The Morgan fingerprint density at radius 3 is 2.83 bits per heavy atom. The number of hydrogen-bond acceptors (Lipinski definition) is 4. The van der Waals surface area contributed by atoms with Gasteiger partial charge < -0.3 is 4.74 Å². The summed E-state index contributed by atoms with van der Waals surface area (Å²) in [6.45, 7) is 4.15. The molecule has 1 saturated heterocycles. The van der Waals surface area contributed by atoms with Crippen molar-refractivity contribution in [1.29, 1.82) is 0 Å². The second-order valence-corrected chi connectivity index (χ2v) is 6.21. The minimum Gasteiger partial charge on any atom is -0.492 e. The molecule has 3 aromatic rings. The molecule has 4 rings (SSSR count). The van der Waals surface area contributed by atoms with Gasteiger partial charge in [-0.2, -0.15) is 5.10 Å². The smallest absolute Gasteiger partial charge is 0.155 e. The lowest BCUT2D eigenvalue weighted by Crippen LogP contribution is -2.33. The maximum Gasteiger partial charge on any atom is 0.155 e. The van der Waals surface area contributed by atoms with E-state index in [4.69, 9.17) is 4.74 Å². The Kier molecular flexibility index (Phi) is 4.42. The molecule has 1 aliphatic heterocycles. The van der Waals surface area contributed by atoms with Gasteiger partial charge in [-0.25, -0.2) is 9.50 Å². The van der Waals surface area contributed by atoms with E-state index < -0.39 is 0 Å². The van der Waals surface area contributed by atoms with E-state index in [2.05, 4.69) is 27.1 Å². The van der Waals surface area contributed by atoms with E-state index in [0.717, 1.165) is 35.8 Å². The number of rotatable bonds is 5. The minimum atomic E-state index is 0.733. The van der Waals surface area contributed by atoms with Crippen LogP contribution in [0.4, 0.5) is 0 Å². The zero-order valence-corrected chi connectivity index (χ0v) is 13.8. The first-order chi connectivity index (χ1) is 11.9. The predicted octanol–water partition coefficient (Wildman–Crippen LogP) is 3.26. The summed E-state index contributed by atoms with van der Waals surface area (Å²) in [7, 11) is 0. The topological polar surface area (TPSA) is 42.7 Å². The number of ether oxygens (including phenoxy) is 1. The molecule has 0 amide bonds. The molecular formula is C19H22N4O. The Balaban J connectivity index is 1.46. The molecule has 2 aromatic heterocycles. The summed E-state index contributed by atoms with van der Waals surface area (Å²) in [6, 6.07) is 12.1. The number of piperidine rings is 1. The van der Waals surface area contributed by atoms with Crippen molar-refractivity contribution < 1.29 is 4.74 Å². The lowest BCUT2D eigenvalue weighted by atomic mass is 10.1. The number of fused-ring (bicyclic) bond motifs is 1. The van der Waals surface area contributed by atoms with Crippen molar-refractivity contribution in [1.82, 2.24) is 19.5 Å². The molecular weight excluding hydrogens is 300 g/mol. The maximum atomic E-state index is 5.98. The van der Waals surface area contributed by atoms with Crippen LogP contribution in [0.5, 0.6) is 5.75 Å². The molecule has 0 aliphatic carbocycles. The summed E-state index contributed by atoms with van der Waals surface area (Å²) in [5.74, 6) is 0.904. The molecule has 1 aliphatic rings. The second kappa shape index (κ2) is 7.01. The zero-order chi connectivity index (χ0) is 16.2. The first kappa shape index (κ1) is 15.1. The number of nitrogens with zero attached hydrogens (tertiary/aromatic N) is 4. The molecule has 124 valence electrons. The van der Waals surface area contributed by atoms with Crippen molar-refractivity contribution in [3.05, 3.63) is 48.8 Å². The molecule has 0 spiro atoms. The third-order valence-corrected chi connectivity index (χ3v) is 4.54.